The molecule has 0 aliphatic rings. The van der Waals surface area contributed by atoms with Gasteiger partial charge in [0.05, 0.1) is 6.61 Å². The minimum absolute atomic E-state index is 0.0835. The van der Waals surface area contributed by atoms with Crippen molar-refractivity contribution in [3.8, 4) is 0 Å². The van der Waals surface area contributed by atoms with Crippen LogP contribution < -0.4 is 5.48 Å². The zero-order chi connectivity index (χ0) is 19.4. The van der Waals surface area contributed by atoms with Gasteiger partial charge in [-0.3, -0.25) is 4.79 Å². The Labute approximate surface area is 166 Å². The van der Waals surface area contributed by atoms with E-state index in [1.54, 1.807) is 12.1 Å². The molecule has 0 aromatic heterocycles. The Morgan fingerprint density at radius 1 is 1.15 bits per heavy atom. The number of hydroxylamine groups is 1. The molecule has 0 spiro atoms. The van der Waals surface area contributed by atoms with Crippen LogP contribution in [-0.4, -0.2) is 18.5 Å². The molecule has 1 N–H and O–H groups in total. The van der Waals surface area contributed by atoms with Crippen LogP contribution in [0, 0.1) is 0 Å². The van der Waals surface area contributed by atoms with E-state index in [9.17, 15) is 18.4 Å². The van der Waals surface area contributed by atoms with Gasteiger partial charge in [-0.2, -0.15) is 8.78 Å². The Bertz CT molecular complexity index is 572. The maximum Gasteiger partial charge on any atom is 0.381 e. The zero-order valence-electron chi connectivity index (χ0n) is 14.5. The van der Waals surface area contributed by atoms with Crippen molar-refractivity contribution in [1.82, 2.24) is 5.48 Å². The summed E-state index contributed by atoms with van der Waals surface area (Å²) in [5.41, 5.74) is 2.93. The van der Waals surface area contributed by atoms with E-state index in [1.165, 1.54) is 19.1 Å². The Hall–Kier alpha value is -0.860. The maximum atomic E-state index is 13.9. The molecule has 1 aromatic carbocycles. The van der Waals surface area contributed by atoms with Crippen molar-refractivity contribution in [3.05, 3.63) is 35.4 Å². The van der Waals surface area contributed by atoms with Crippen molar-refractivity contribution in [2.24, 2.45) is 0 Å². The number of carbonyl (C=O) groups is 2. The van der Waals surface area contributed by atoms with Gasteiger partial charge < -0.3 is 4.74 Å². The number of esters is 1. The summed E-state index contributed by atoms with van der Waals surface area (Å²) >= 11 is 2.02. The average Bonchev–Trinajstić information content (AvgIpc) is 2.63. The standard InChI is InChI=1S/C17H23F2INO4P/c1-2-24-16(23)17(18,19)14-11-9-13(10-12-14)7-5-3-4-6-8-15(22)21-25-26-20/h9-12,26H,2-8H2,1H3,(H,21,22). The fourth-order valence-electron chi connectivity index (χ4n) is 2.32. The predicted molar refractivity (Wildman–Crippen MR) is 105 cm³/mol. The second-order valence-corrected chi connectivity index (χ2v) is 7.29. The molecule has 0 aliphatic carbocycles. The van der Waals surface area contributed by atoms with Crippen LogP contribution in [0.4, 0.5) is 8.78 Å². The van der Waals surface area contributed by atoms with Crippen LogP contribution in [-0.2, 0) is 31.3 Å². The average molecular weight is 501 g/mol. The number of aryl methyl sites for hydroxylation is 1. The van der Waals surface area contributed by atoms with Crippen LogP contribution in [0.2, 0.25) is 0 Å². The second kappa shape index (κ2) is 12.5. The van der Waals surface area contributed by atoms with Gasteiger partial charge in [-0.25, -0.2) is 14.9 Å². The summed E-state index contributed by atoms with van der Waals surface area (Å²) < 4.78 is 37.0. The molecule has 26 heavy (non-hydrogen) atoms. The van der Waals surface area contributed by atoms with Gasteiger partial charge in [0.2, 0.25) is 5.91 Å². The van der Waals surface area contributed by atoms with Crippen LogP contribution in [0.1, 0.15) is 50.2 Å². The fourth-order valence-corrected chi connectivity index (χ4v) is 2.80. The van der Waals surface area contributed by atoms with Crippen molar-refractivity contribution in [2.75, 3.05) is 6.61 Å². The quantitative estimate of drug-likeness (QED) is 0.147. The number of amides is 1. The molecule has 1 rings (SSSR count). The molecule has 5 nitrogen and oxygen atoms in total. The van der Waals surface area contributed by atoms with Gasteiger partial charge in [0.15, 0.2) is 0 Å². The van der Waals surface area contributed by atoms with E-state index in [2.05, 4.69) is 10.2 Å². The highest BCUT2D eigenvalue weighted by Crippen LogP contribution is 2.29. The summed E-state index contributed by atoms with van der Waals surface area (Å²) in [4.78, 5) is 22.6. The summed E-state index contributed by atoms with van der Waals surface area (Å²) in [6.45, 7) is 1.60. The fraction of sp³-hybridized carbons (Fsp3) is 0.529. The van der Waals surface area contributed by atoms with E-state index < -0.39 is 11.9 Å². The summed E-state index contributed by atoms with van der Waals surface area (Å²) in [7, 11) is 0. The first-order valence-electron chi connectivity index (χ1n) is 8.36. The SMILES string of the molecule is CCOC(=O)C(F)(F)c1ccc(CCCCCCC(=O)NOPI)cc1. The topological polar surface area (TPSA) is 64.6 Å². The number of halogens is 3. The molecular formula is C17H23F2INO4P. The third-order valence-electron chi connectivity index (χ3n) is 3.67. The summed E-state index contributed by atoms with van der Waals surface area (Å²) in [5.74, 6) is -5.27. The first-order valence-corrected chi connectivity index (χ1v) is 12.4. The Morgan fingerprint density at radius 2 is 1.81 bits per heavy atom. The number of alkyl halides is 2. The minimum atomic E-state index is -3.63. The van der Waals surface area contributed by atoms with Crippen molar-refractivity contribution in [2.45, 2.75) is 51.4 Å². The molecule has 0 heterocycles. The predicted octanol–water partition coefficient (Wildman–Crippen LogP) is 4.83. The molecule has 0 saturated heterocycles. The summed E-state index contributed by atoms with van der Waals surface area (Å²) in [6.07, 6.45) is 4.74. The van der Waals surface area contributed by atoms with Gasteiger partial charge in [-0.1, -0.05) is 37.1 Å². The van der Waals surface area contributed by atoms with E-state index >= 15 is 0 Å². The van der Waals surface area contributed by atoms with Crippen LogP contribution in [0.25, 0.3) is 0 Å². The van der Waals surface area contributed by atoms with E-state index in [-0.39, 0.29) is 24.5 Å². The molecule has 9 heteroatoms. The number of unbranched alkanes of at least 4 members (excludes halogenated alkanes) is 3. The zero-order valence-corrected chi connectivity index (χ0v) is 17.7. The highest BCUT2D eigenvalue weighted by molar-refractivity contribution is 14.2. The second-order valence-electron chi connectivity index (χ2n) is 5.61. The lowest BCUT2D eigenvalue weighted by molar-refractivity contribution is -0.173. The number of rotatable bonds is 12. The van der Waals surface area contributed by atoms with Gasteiger partial charge in [0, 0.05) is 12.0 Å². The van der Waals surface area contributed by atoms with Crippen molar-refractivity contribution in [1.29, 1.82) is 0 Å². The van der Waals surface area contributed by atoms with E-state index in [1.807, 2.05) is 22.0 Å². The largest absolute Gasteiger partial charge is 0.461 e. The number of carbonyl (C=O) groups excluding carboxylic acids is 2. The first-order chi connectivity index (χ1) is 12.4. The Balaban J connectivity index is 2.31. The minimum Gasteiger partial charge on any atom is -0.461 e. The van der Waals surface area contributed by atoms with Crippen molar-refractivity contribution < 1.29 is 27.7 Å². The Kier molecular flexibility index (Phi) is 11.2. The van der Waals surface area contributed by atoms with Crippen LogP contribution in [0.15, 0.2) is 24.3 Å². The first kappa shape index (κ1) is 23.2. The molecule has 0 aliphatic heterocycles. The van der Waals surface area contributed by atoms with Crippen molar-refractivity contribution >= 4 is 40.4 Å². The Morgan fingerprint density at radius 3 is 2.42 bits per heavy atom. The van der Waals surface area contributed by atoms with Gasteiger partial charge >= 0.3 is 11.9 Å². The summed E-state index contributed by atoms with van der Waals surface area (Å²) in [6, 6.07) is 5.75. The van der Waals surface area contributed by atoms with E-state index in [0.29, 0.717) is 6.42 Å². The number of benzene rings is 1. The molecule has 1 atom stereocenters. The molecule has 146 valence electrons. The third kappa shape index (κ3) is 8.22. The number of ether oxygens (including phenoxy) is 1. The van der Waals surface area contributed by atoms with Crippen LogP contribution in [0.5, 0.6) is 0 Å². The molecule has 1 aromatic rings. The number of nitrogens with one attached hydrogen (secondary N) is 1. The van der Waals surface area contributed by atoms with E-state index in [0.717, 1.165) is 37.7 Å². The van der Waals surface area contributed by atoms with Gasteiger partial charge in [-0.05, 0) is 53.8 Å². The maximum absolute atomic E-state index is 13.9. The van der Waals surface area contributed by atoms with Gasteiger partial charge in [0.25, 0.3) is 0 Å². The highest BCUT2D eigenvalue weighted by atomic mass is 127. The van der Waals surface area contributed by atoms with Gasteiger partial charge in [-0.15, -0.1) is 0 Å². The lowest BCUT2D eigenvalue weighted by atomic mass is 10.0. The van der Waals surface area contributed by atoms with Crippen molar-refractivity contribution in [3.63, 3.8) is 0 Å². The number of hydrogen-bond acceptors (Lipinski definition) is 4. The molecule has 0 saturated carbocycles. The smallest absolute Gasteiger partial charge is 0.381 e. The normalized spacial score (nSPS) is 11.7. The van der Waals surface area contributed by atoms with E-state index in [4.69, 9.17) is 4.62 Å². The van der Waals surface area contributed by atoms with Gasteiger partial charge in [0.1, 0.15) is 6.45 Å². The highest BCUT2D eigenvalue weighted by Gasteiger charge is 2.42. The van der Waals surface area contributed by atoms with Crippen LogP contribution >= 0.6 is 28.5 Å². The molecular weight excluding hydrogens is 478 g/mol. The lowest BCUT2D eigenvalue weighted by Gasteiger charge is -2.15. The molecule has 0 bridgehead atoms. The molecule has 0 radical (unpaired) electrons. The van der Waals surface area contributed by atoms with Crippen LogP contribution in [0.3, 0.4) is 0 Å². The third-order valence-corrected chi connectivity index (χ3v) is 4.51. The molecule has 1 amide bonds. The molecule has 1 unspecified atom stereocenters. The number of hydrogen-bond donors (Lipinski definition) is 1. The lowest BCUT2D eigenvalue weighted by Crippen LogP contribution is -2.28. The summed E-state index contributed by atoms with van der Waals surface area (Å²) in [5, 5.41) is 0. The monoisotopic (exact) mass is 501 g/mol. The molecule has 0 fully saturated rings.